The Morgan fingerprint density at radius 3 is 2.19 bits per heavy atom. The van der Waals surface area contributed by atoms with Crippen LogP contribution in [0.1, 0.15) is 13.8 Å². The molecule has 108 valence electrons. The second kappa shape index (κ2) is 6.19. The maximum absolute atomic E-state index is 5.56. The highest BCUT2D eigenvalue weighted by Gasteiger charge is 2.06. The summed E-state index contributed by atoms with van der Waals surface area (Å²) in [5.41, 5.74) is 1.22. The largest absolute Gasteiger partial charge is 0.494 e. The van der Waals surface area contributed by atoms with E-state index in [9.17, 15) is 0 Å². The lowest BCUT2D eigenvalue weighted by atomic mass is 10.1. The van der Waals surface area contributed by atoms with Gasteiger partial charge in [-0.25, -0.2) is 0 Å². The van der Waals surface area contributed by atoms with Gasteiger partial charge in [-0.3, -0.25) is 0 Å². The Morgan fingerprint density at radius 1 is 0.810 bits per heavy atom. The lowest BCUT2D eigenvalue weighted by Gasteiger charge is -2.03. The van der Waals surface area contributed by atoms with Crippen molar-refractivity contribution in [2.24, 2.45) is 0 Å². The van der Waals surface area contributed by atoms with E-state index < -0.39 is 0 Å². The van der Waals surface area contributed by atoms with Gasteiger partial charge in [-0.15, -0.1) is 11.3 Å². The number of ether oxygens (including phenoxy) is 2. The van der Waals surface area contributed by atoms with Gasteiger partial charge in [0, 0.05) is 9.58 Å². The molecule has 2 nitrogen and oxygen atoms in total. The summed E-state index contributed by atoms with van der Waals surface area (Å²) < 4.78 is 12.3. The molecule has 0 bridgehead atoms. The van der Waals surface area contributed by atoms with Crippen molar-refractivity contribution in [3.8, 4) is 21.9 Å². The van der Waals surface area contributed by atoms with Gasteiger partial charge in [0.2, 0.25) is 0 Å². The van der Waals surface area contributed by atoms with Crippen LogP contribution >= 0.6 is 11.3 Å². The molecule has 21 heavy (non-hydrogen) atoms. The van der Waals surface area contributed by atoms with Crippen molar-refractivity contribution >= 4 is 21.4 Å². The summed E-state index contributed by atoms with van der Waals surface area (Å²) in [5, 5.41) is 1.26. The molecule has 0 atom stereocenters. The first-order chi connectivity index (χ1) is 10.3. The van der Waals surface area contributed by atoms with Crippen molar-refractivity contribution < 1.29 is 9.47 Å². The monoisotopic (exact) mass is 298 g/mol. The van der Waals surface area contributed by atoms with Gasteiger partial charge >= 0.3 is 0 Å². The van der Waals surface area contributed by atoms with Crippen LogP contribution in [-0.2, 0) is 0 Å². The van der Waals surface area contributed by atoms with Gasteiger partial charge in [-0.2, -0.15) is 0 Å². The second-order valence-electron chi connectivity index (χ2n) is 4.70. The Bertz CT molecular complexity index is 729. The van der Waals surface area contributed by atoms with Gasteiger partial charge in [0.05, 0.1) is 13.2 Å². The molecular formula is C18H18O2S. The summed E-state index contributed by atoms with van der Waals surface area (Å²) in [7, 11) is 0. The van der Waals surface area contributed by atoms with Crippen LogP contribution in [0, 0.1) is 0 Å². The van der Waals surface area contributed by atoms with Gasteiger partial charge in [-0.1, -0.05) is 0 Å². The molecule has 0 spiro atoms. The van der Waals surface area contributed by atoms with Crippen molar-refractivity contribution in [3.63, 3.8) is 0 Å². The minimum absolute atomic E-state index is 0.697. The molecule has 1 heterocycles. The fourth-order valence-corrected chi connectivity index (χ4v) is 3.39. The third-order valence-corrected chi connectivity index (χ3v) is 4.40. The molecule has 0 unspecified atom stereocenters. The topological polar surface area (TPSA) is 18.5 Å². The minimum Gasteiger partial charge on any atom is -0.494 e. The van der Waals surface area contributed by atoms with E-state index in [2.05, 4.69) is 30.3 Å². The van der Waals surface area contributed by atoms with Gasteiger partial charge < -0.3 is 9.47 Å². The third-order valence-electron chi connectivity index (χ3n) is 3.25. The van der Waals surface area contributed by atoms with Gasteiger partial charge in [0.25, 0.3) is 0 Å². The fraction of sp³-hybridized carbons (Fsp3) is 0.222. The molecule has 0 amide bonds. The van der Waals surface area contributed by atoms with Gasteiger partial charge in [0.15, 0.2) is 0 Å². The molecule has 0 aliphatic heterocycles. The molecule has 0 N–H and O–H groups in total. The van der Waals surface area contributed by atoms with E-state index in [4.69, 9.17) is 9.47 Å². The first-order valence-corrected chi connectivity index (χ1v) is 8.01. The van der Waals surface area contributed by atoms with Crippen LogP contribution in [0.5, 0.6) is 11.5 Å². The Balaban J connectivity index is 1.92. The second-order valence-corrected chi connectivity index (χ2v) is 5.78. The molecule has 3 heteroatoms. The van der Waals surface area contributed by atoms with E-state index in [0.717, 1.165) is 11.5 Å². The highest BCUT2D eigenvalue weighted by Crippen LogP contribution is 2.35. The van der Waals surface area contributed by atoms with E-state index in [1.807, 2.05) is 32.0 Å². The number of hydrogen-bond donors (Lipinski definition) is 0. The lowest BCUT2D eigenvalue weighted by Crippen LogP contribution is -1.90. The zero-order valence-electron chi connectivity index (χ0n) is 12.3. The normalized spacial score (nSPS) is 10.8. The molecule has 0 aliphatic rings. The quantitative estimate of drug-likeness (QED) is 0.631. The molecule has 0 saturated carbocycles. The van der Waals surface area contributed by atoms with Crippen LogP contribution in [0.2, 0.25) is 0 Å². The van der Waals surface area contributed by atoms with Crippen LogP contribution in [0.15, 0.2) is 48.5 Å². The van der Waals surface area contributed by atoms with Crippen molar-refractivity contribution in [2.75, 3.05) is 13.2 Å². The number of benzene rings is 2. The van der Waals surface area contributed by atoms with E-state index in [0.29, 0.717) is 13.2 Å². The number of hydrogen-bond acceptors (Lipinski definition) is 3. The smallest absolute Gasteiger partial charge is 0.120 e. The molecule has 3 rings (SSSR count). The van der Waals surface area contributed by atoms with Crippen LogP contribution in [0.3, 0.4) is 0 Å². The Morgan fingerprint density at radius 2 is 1.48 bits per heavy atom. The summed E-state index contributed by atoms with van der Waals surface area (Å²) in [6, 6.07) is 16.8. The van der Waals surface area contributed by atoms with E-state index >= 15 is 0 Å². The van der Waals surface area contributed by atoms with Crippen molar-refractivity contribution in [1.29, 1.82) is 0 Å². The fourth-order valence-electron chi connectivity index (χ4n) is 2.29. The number of fused-ring (bicyclic) bond motifs is 1. The van der Waals surface area contributed by atoms with E-state index in [1.165, 1.54) is 20.5 Å². The Kier molecular flexibility index (Phi) is 4.11. The molecule has 0 radical (unpaired) electrons. The summed E-state index contributed by atoms with van der Waals surface area (Å²) in [6.45, 7) is 5.39. The summed E-state index contributed by atoms with van der Waals surface area (Å²) in [6.07, 6.45) is 0. The molecule has 0 aliphatic carbocycles. The third kappa shape index (κ3) is 3.03. The Hall–Kier alpha value is -2.00. The minimum atomic E-state index is 0.697. The van der Waals surface area contributed by atoms with Crippen LogP contribution in [0.25, 0.3) is 20.5 Å². The lowest BCUT2D eigenvalue weighted by molar-refractivity contribution is 0.340. The summed E-state index contributed by atoms with van der Waals surface area (Å²) in [5.74, 6) is 1.85. The van der Waals surface area contributed by atoms with E-state index in [-0.39, 0.29) is 0 Å². The highest BCUT2D eigenvalue weighted by molar-refractivity contribution is 7.22. The van der Waals surface area contributed by atoms with Crippen LogP contribution < -0.4 is 9.47 Å². The van der Waals surface area contributed by atoms with E-state index in [1.54, 1.807) is 11.3 Å². The maximum Gasteiger partial charge on any atom is 0.120 e. The number of thiophene rings is 1. The van der Waals surface area contributed by atoms with Gasteiger partial charge in [0.1, 0.15) is 11.5 Å². The van der Waals surface area contributed by atoms with Gasteiger partial charge in [-0.05, 0) is 73.3 Å². The molecule has 1 aromatic heterocycles. The summed E-state index contributed by atoms with van der Waals surface area (Å²) in [4.78, 5) is 1.27. The highest BCUT2D eigenvalue weighted by atomic mass is 32.1. The van der Waals surface area contributed by atoms with Crippen LogP contribution in [-0.4, -0.2) is 13.2 Å². The van der Waals surface area contributed by atoms with Crippen molar-refractivity contribution in [3.05, 3.63) is 48.5 Å². The first kappa shape index (κ1) is 14.0. The SMILES string of the molecule is CCOc1ccc(-c2cc3ccc(OCC)cc3s2)cc1. The van der Waals surface area contributed by atoms with Crippen molar-refractivity contribution in [2.45, 2.75) is 13.8 Å². The number of rotatable bonds is 5. The average Bonchev–Trinajstić information content (AvgIpc) is 2.92. The molecule has 2 aromatic carbocycles. The molecule has 0 saturated heterocycles. The van der Waals surface area contributed by atoms with Crippen LogP contribution in [0.4, 0.5) is 0 Å². The van der Waals surface area contributed by atoms with Crippen molar-refractivity contribution in [1.82, 2.24) is 0 Å². The zero-order valence-corrected chi connectivity index (χ0v) is 13.1. The molecular weight excluding hydrogens is 280 g/mol. The zero-order chi connectivity index (χ0) is 14.7. The Labute approximate surface area is 128 Å². The average molecular weight is 298 g/mol. The molecule has 3 aromatic rings. The first-order valence-electron chi connectivity index (χ1n) is 7.19. The summed E-state index contributed by atoms with van der Waals surface area (Å²) >= 11 is 1.79. The maximum atomic E-state index is 5.56. The predicted molar refractivity (Wildman–Crippen MR) is 89.6 cm³/mol. The molecule has 0 fully saturated rings. The predicted octanol–water partition coefficient (Wildman–Crippen LogP) is 5.37. The standard InChI is InChI=1S/C18H18O2S/c1-3-19-15-8-5-13(6-9-15)17-11-14-7-10-16(20-4-2)12-18(14)21-17/h5-12H,3-4H2,1-2H3.